The van der Waals surface area contributed by atoms with Crippen LogP contribution in [0.25, 0.3) is 11.6 Å². The zero-order chi connectivity index (χ0) is 20.8. The van der Waals surface area contributed by atoms with Crippen LogP contribution in [-0.2, 0) is 6.61 Å². The minimum absolute atomic E-state index is 0.0308. The number of hydrogen-bond donors (Lipinski definition) is 0. The van der Waals surface area contributed by atoms with Gasteiger partial charge in [0, 0.05) is 12.1 Å². The van der Waals surface area contributed by atoms with Gasteiger partial charge in [-0.2, -0.15) is 5.26 Å². The van der Waals surface area contributed by atoms with Gasteiger partial charge in [-0.05, 0) is 63.0 Å². The average molecular weight is 470 g/mol. The maximum absolute atomic E-state index is 10.8. The standard InChI is InChI=1S/C22H14BrClN2O3/c23-20-11-16(10-18(13-25)17-6-8-19(9-7-17)26(27)28)12-21(24)22(20)29-14-15-4-2-1-3-5-15/h1-12H,14H2/b18-10-. The van der Waals surface area contributed by atoms with Crippen molar-refractivity contribution in [3.63, 3.8) is 0 Å². The number of allylic oxidation sites excluding steroid dienone is 1. The number of nitriles is 1. The largest absolute Gasteiger partial charge is 0.486 e. The summed E-state index contributed by atoms with van der Waals surface area (Å²) in [6.45, 7) is 0.376. The van der Waals surface area contributed by atoms with Crippen LogP contribution in [0.4, 0.5) is 5.69 Å². The van der Waals surface area contributed by atoms with Gasteiger partial charge in [-0.3, -0.25) is 10.1 Å². The van der Waals surface area contributed by atoms with Gasteiger partial charge in [0.05, 0.1) is 26.1 Å². The van der Waals surface area contributed by atoms with Gasteiger partial charge in [0.1, 0.15) is 6.61 Å². The van der Waals surface area contributed by atoms with Crippen LogP contribution >= 0.6 is 27.5 Å². The van der Waals surface area contributed by atoms with E-state index in [-0.39, 0.29) is 5.69 Å². The quantitative estimate of drug-likeness (QED) is 0.175. The summed E-state index contributed by atoms with van der Waals surface area (Å²) in [5.41, 5.74) is 2.63. The molecular formula is C22H14BrClN2O3. The van der Waals surface area contributed by atoms with Gasteiger partial charge in [0.15, 0.2) is 5.75 Å². The molecule has 0 unspecified atom stereocenters. The molecule has 0 N–H and O–H groups in total. The summed E-state index contributed by atoms with van der Waals surface area (Å²) < 4.78 is 6.49. The van der Waals surface area contributed by atoms with Crippen molar-refractivity contribution in [1.82, 2.24) is 0 Å². The van der Waals surface area contributed by atoms with Gasteiger partial charge in [-0.15, -0.1) is 0 Å². The molecule has 3 rings (SSSR count). The summed E-state index contributed by atoms with van der Waals surface area (Å²) in [6.07, 6.45) is 1.67. The predicted octanol–water partition coefficient (Wildman–Crippen LogP) is 6.65. The maximum Gasteiger partial charge on any atom is 0.269 e. The van der Waals surface area contributed by atoms with Gasteiger partial charge >= 0.3 is 0 Å². The lowest BCUT2D eigenvalue weighted by atomic mass is 10.0. The molecule has 0 saturated carbocycles. The van der Waals surface area contributed by atoms with Crippen LogP contribution in [0.15, 0.2) is 71.2 Å². The second kappa shape index (κ2) is 9.37. The lowest BCUT2D eigenvalue weighted by molar-refractivity contribution is -0.384. The monoisotopic (exact) mass is 468 g/mol. The van der Waals surface area contributed by atoms with Crippen LogP contribution in [0.2, 0.25) is 5.02 Å². The van der Waals surface area contributed by atoms with Crippen molar-refractivity contribution < 1.29 is 9.66 Å². The molecule has 144 valence electrons. The Hall–Kier alpha value is -3.14. The summed E-state index contributed by atoms with van der Waals surface area (Å²) >= 11 is 9.86. The fourth-order valence-corrected chi connectivity index (χ4v) is 3.63. The lowest BCUT2D eigenvalue weighted by Gasteiger charge is -2.11. The molecular weight excluding hydrogens is 456 g/mol. The Morgan fingerprint density at radius 3 is 2.45 bits per heavy atom. The molecule has 0 saturated heterocycles. The molecule has 7 heteroatoms. The van der Waals surface area contributed by atoms with Crippen molar-refractivity contribution >= 4 is 44.9 Å². The third-order valence-electron chi connectivity index (χ3n) is 4.07. The van der Waals surface area contributed by atoms with Gasteiger partial charge in [-0.1, -0.05) is 41.9 Å². The number of benzene rings is 3. The Labute approximate surface area is 181 Å². The van der Waals surface area contributed by atoms with Crippen molar-refractivity contribution in [1.29, 1.82) is 5.26 Å². The average Bonchev–Trinajstić information content (AvgIpc) is 2.72. The first-order valence-corrected chi connectivity index (χ1v) is 9.67. The van der Waals surface area contributed by atoms with Crippen LogP contribution in [0.1, 0.15) is 16.7 Å². The molecule has 0 fully saturated rings. The van der Waals surface area contributed by atoms with Crippen LogP contribution in [0.3, 0.4) is 0 Å². The summed E-state index contributed by atoms with van der Waals surface area (Å²) in [6, 6.07) is 21.2. The zero-order valence-corrected chi connectivity index (χ0v) is 17.4. The van der Waals surface area contributed by atoms with Crippen molar-refractivity contribution in [2.45, 2.75) is 6.61 Å². The van der Waals surface area contributed by atoms with E-state index in [4.69, 9.17) is 16.3 Å². The Balaban J connectivity index is 1.84. The normalized spacial score (nSPS) is 11.0. The summed E-state index contributed by atoms with van der Waals surface area (Å²) in [5.74, 6) is 0.515. The third-order valence-corrected chi connectivity index (χ3v) is 4.94. The first-order valence-electron chi connectivity index (χ1n) is 8.50. The Kier molecular flexibility index (Phi) is 6.65. The van der Waals surface area contributed by atoms with E-state index in [1.165, 1.54) is 12.1 Å². The highest BCUT2D eigenvalue weighted by molar-refractivity contribution is 9.10. The molecule has 0 aliphatic rings. The number of nitro benzene ring substituents is 1. The molecule has 3 aromatic carbocycles. The highest BCUT2D eigenvalue weighted by atomic mass is 79.9. The number of non-ortho nitro benzene ring substituents is 1. The molecule has 0 bridgehead atoms. The van der Waals surface area contributed by atoms with E-state index >= 15 is 0 Å². The molecule has 0 spiro atoms. The second-order valence-electron chi connectivity index (χ2n) is 6.06. The van der Waals surface area contributed by atoms with E-state index in [0.717, 1.165) is 5.56 Å². The van der Waals surface area contributed by atoms with Gasteiger partial charge in [-0.25, -0.2) is 0 Å². The van der Waals surface area contributed by atoms with E-state index in [1.54, 1.807) is 30.3 Å². The Morgan fingerprint density at radius 2 is 1.86 bits per heavy atom. The van der Waals surface area contributed by atoms with Crippen molar-refractivity contribution in [2.75, 3.05) is 0 Å². The van der Waals surface area contributed by atoms with Crippen LogP contribution < -0.4 is 4.74 Å². The molecule has 0 heterocycles. The van der Waals surface area contributed by atoms with Crippen molar-refractivity contribution in [3.05, 3.63) is 103 Å². The lowest BCUT2D eigenvalue weighted by Crippen LogP contribution is -1.97. The van der Waals surface area contributed by atoms with E-state index in [0.29, 0.717) is 38.6 Å². The van der Waals surface area contributed by atoms with E-state index in [2.05, 4.69) is 22.0 Å². The van der Waals surface area contributed by atoms with Crippen molar-refractivity contribution in [3.8, 4) is 11.8 Å². The van der Waals surface area contributed by atoms with E-state index < -0.39 is 4.92 Å². The Morgan fingerprint density at radius 1 is 1.17 bits per heavy atom. The van der Waals surface area contributed by atoms with E-state index in [1.807, 2.05) is 30.3 Å². The summed E-state index contributed by atoms with van der Waals surface area (Å²) in [7, 11) is 0. The number of halogens is 2. The smallest absolute Gasteiger partial charge is 0.269 e. The molecule has 0 aliphatic carbocycles. The number of nitro groups is 1. The number of nitrogens with zero attached hydrogens (tertiary/aromatic N) is 2. The van der Waals surface area contributed by atoms with Gasteiger partial charge < -0.3 is 4.74 Å². The predicted molar refractivity (Wildman–Crippen MR) is 117 cm³/mol. The minimum Gasteiger partial charge on any atom is -0.486 e. The van der Waals surface area contributed by atoms with Crippen molar-refractivity contribution in [2.24, 2.45) is 0 Å². The molecule has 29 heavy (non-hydrogen) atoms. The van der Waals surface area contributed by atoms with E-state index in [9.17, 15) is 15.4 Å². The number of ether oxygens (including phenoxy) is 1. The Bertz CT molecular complexity index is 1080. The molecule has 0 atom stereocenters. The maximum atomic E-state index is 10.8. The molecule has 0 aromatic heterocycles. The first kappa shape index (κ1) is 20.6. The zero-order valence-electron chi connectivity index (χ0n) is 15.0. The van der Waals surface area contributed by atoms with Crippen LogP contribution in [0.5, 0.6) is 5.75 Å². The highest BCUT2D eigenvalue weighted by Gasteiger charge is 2.11. The SMILES string of the molecule is N#C/C(=C/c1cc(Cl)c(OCc2ccccc2)c(Br)c1)c1ccc([N+](=O)[O-])cc1. The molecule has 5 nitrogen and oxygen atoms in total. The molecule has 0 amide bonds. The summed E-state index contributed by atoms with van der Waals surface area (Å²) in [5, 5.41) is 20.7. The number of rotatable bonds is 6. The number of hydrogen-bond acceptors (Lipinski definition) is 4. The molecule has 0 aliphatic heterocycles. The minimum atomic E-state index is -0.482. The molecule has 0 radical (unpaired) electrons. The summed E-state index contributed by atoms with van der Waals surface area (Å²) in [4.78, 5) is 10.3. The fourth-order valence-electron chi connectivity index (χ4n) is 2.64. The second-order valence-corrected chi connectivity index (χ2v) is 7.32. The molecule has 3 aromatic rings. The third kappa shape index (κ3) is 5.23. The topological polar surface area (TPSA) is 76.2 Å². The highest BCUT2D eigenvalue weighted by Crippen LogP contribution is 2.36. The fraction of sp³-hybridized carbons (Fsp3) is 0.0455. The van der Waals surface area contributed by atoms with Gasteiger partial charge in [0.25, 0.3) is 5.69 Å². The van der Waals surface area contributed by atoms with Crippen LogP contribution in [-0.4, -0.2) is 4.92 Å². The van der Waals surface area contributed by atoms with Gasteiger partial charge in [0.2, 0.25) is 0 Å². The van der Waals surface area contributed by atoms with Crippen LogP contribution in [0, 0.1) is 21.4 Å². The first-order chi connectivity index (χ1) is 14.0.